The lowest BCUT2D eigenvalue weighted by molar-refractivity contribution is 0.568. The van der Waals surface area contributed by atoms with Crippen LogP contribution in [0.3, 0.4) is 0 Å². The van der Waals surface area contributed by atoms with E-state index in [1.807, 2.05) is 0 Å². The van der Waals surface area contributed by atoms with Gasteiger partial charge < -0.3 is 9.80 Å². The maximum atomic E-state index is 5.85. The zero-order chi connectivity index (χ0) is 61.9. The molecule has 0 saturated heterocycles. The Balaban J connectivity index is 1.21. The Hall–Kier alpha value is -8.28. The van der Waals surface area contributed by atoms with Crippen molar-refractivity contribution in [1.82, 2.24) is 9.97 Å². The molecule has 0 fully saturated rings. The van der Waals surface area contributed by atoms with Crippen molar-refractivity contribution in [2.45, 2.75) is 157 Å². The summed E-state index contributed by atoms with van der Waals surface area (Å²) < 4.78 is 0. The zero-order valence-electron chi connectivity index (χ0n) is 54.9. The number of fused-ring (bicyclic) bond motifs is 4. The van der Waals surface area contributed by atoms with Gasteiger partial charge >= 0.3 is 0 Å². The minimum Gasteiger partial charge on any atom is -0.311 e. The Kier molecular flexibility index (Phi) is 14.4. The first-order valence-corrected chi connectivity index (χ1v) is 31.5. The van der Waals surface area contributed by atoms with Crippen molar-refractivity contribution < 1.29 is 0 Å². The van der Waals surface area contributed by atoms with E-state index in [0.717, 1.165) is 50.8 Å². The van der Waals surface area contributed by atoms with Crippen molar-refractivity contribution in [3.63, 3.8) is 0 Å². The number of aromatic nitrogens is 2. The van der Waals surface area contributed by atoms with Crippen LogP contribution in [0.5, 0.6) is 0 Å². The quantitative estimate of drug-likeness (QED) is 0.149. The molecule has 0 radical (unpaired) electrons. The lowest BCUT2D eigenvalue weighted by Gasteiger charge is -2.45. The molecule has 2 aliphatic rings. The Bertz CT molecular complexity index is 3910. The molecule has 10 aromatic rings. The summed E-state index contributed by atoms with van der Waals surface area (Å²) in [6.07, 6.45) is 0. The highest BCUT2D eigenvalue weighted by atomic mass is 15.2. The van der Waals surface area contributed by atoms with Gasteiger partial charge in [0.05, 0.1) is 11.4 Å². The van der Waals surface area contributed by atoms with E-state index in [-0.39, 0.29) is 39.2 Å². The van der Waals surface area contributed by atoms with Crippen molar-refractivity contribution >= 4 is 57.2 Å². The number of nitrogens with zero attached hydrogens (tertiary/aromatic N) is 4. The maximum Gasteiger partial charge on any atom is 0.252 e. The van der Waals surface area contributed by atoms with E-state index < -0.39 is 0 Å². The summed E-state index contributed by atoms with van der Waals surface area (Å²) in [6, 6.07) is 76.0. The minimum absolute atomic E-state index is 0.0933. The number of anilines is 6. The summed E-state index contributed by atoms with van der Waals surface area (Å²) >= 11 is 0. The molecule has 0 unspecified atom stereocenters. The van der Waals surface area contributed by atoms with E-state index in [4.69, 9.17) is 9.97 Å². The molecule has 5 heteroatoms. The van der Waals surface area contributed by atoms with E-state index in [1.54, 1.807) is 0 Å². The molecule has 438 valence electrons. The van der Waals surface area contributed by atoms with Crippen molar-refractivity contribution in [3.05, 3.63) is 234 Å². The summed E-state index contributed by atoms with van der Waals surface area (Å²) in [6.45, 7) is 41.7. The van der Waals surface area contributed by atoms with Crippen LogP contribution >= 0.6 is 0 Å². The van der Waals surface area contributed by atoms with Crippen molar-refractivity contribution in [2.24, 2.45) is 0 Å². The Morgan fingerprint density at radius 1 is 0.264 bits per heavy atom. The van der Waals surface area contributed by atoms with Gasteiger partial charge in [-0.15, -0.1) is 0 Å². The predicted octanol–water partition coefficient (Wildman–Crippen LogP) is 20.7. The second kappa shape index (κ2) is 21.3. The average Bonchev–Trinajstić information content (AvgIpc) is 0.712. The molecule has 12 rings (SSSR count). The van der Waals surface area contributed by atoms with Crippen LogP contribution in [-0.2, 0) is 32.5 Å². The van der Waals surface area contributed by atoms with Crippen LogP contribution in [0.2, 0.25) is 0 Å². The van der Waals surface area contributed by atoms with E-state index >= 15 is 0 Å². The summed E-state index contributed by atoms with van der Waals surface area (Å²) in [7, 11) is 0. The molecule has 0 spiro atoms. The standard InChI is InChI=1S/C82H87BN4/c1-77(2,3)59-33-39-71-67(49-59)83-68-50-60(78(4,5)6)34-40-72(68)87(66-37-31-55(32-38-66)53-27-23-20-24-28-53)74-46-57(45-73(75(74)83)86(71)65-35-29-54(30-36-65)52-25-21-19-22-26-52)70-51-69(56-41-61(79(7,8)9)47-62(42-56)80(10,11)12)84-76(85-70)58-43-63(81(13,14)15)48-64(44-58)82(16,17)18/h19-51H,1-18H3. The summed E-state index contributed by atoms with van der Waals surface area (Å²) in [5, 5.41) is 0. The lowest BCUT2D eigenvalue weighted by Crippen LogP contribution is -2.61. The van der Waals surface area contributed by atoms with Gasteiger partial charge in [0.25, 0.3) is 6.71 Å². The second-order valence-corrected chi connectivity index (χ2v) is 31.0. The zero-order valence-corrected chi connectivity index (χ0v) is 54.9. The average molecular weight is 1140 g/mol. The molecule has 9 aromatic carbocycles. The molecular formula is C82H87BN4. The van der Waals surface area contributed by atoms with E-state index in [0.29, 0.717) is 5.82 Å². The van der Waals surface area contributed by atoms with Gasteiger partial charge in [-0.05, 0) is 183 Å². The fraction of sp³-hybridized carbons (Fsp3) is 0.293. The van der Waals surface area contributed by atoms with Crippen LogP contribution in [0.1, 0.15) is 158 Å². The van der Waals surface area contributed by atoms with Crippen LogP contribution in [0.25, 0.3) is 56.2 Å². The molecule has 0 bridgehead atoms. The molecule has 0 N–H and O–H groups in total. The third-order valence-electron chi connectivity index (χ3n) is 18.2. The van der Waals surface area contributed by atoms with Gasteiger partial charge in [-0.1, -0.05) is 246 Å². The molecule has 3 heterocycles. The first-order chi connectivity index (χ1) is 40.9. The summed E-state index contributed by atoms with van der Waals surface area (Å²) in [5.74, 6) is 0.712. The summed E-state index contributed by atoms with van der Waals surface area (Å²) in [5.41, 5.74) is 27.4. The second-order valence-electron chi connectivity index (χ2n) is 31.0. The van der Waals surface area contributed by atoms with Gasteiger partial charge in [0.1, 0.15) is 0 Å². The number of hydrogen-bond acceptors (Lipinski definition) is 4. The van der Waals surface area contributed by atoms with Crippen LogP contribution < -0.4 is 26.2 Å². The molecular weight excluding hydrogens is 1050 g/mol. The Morgan fingerprint density at radius 3 is 0.931 bits per heavy atom. The van der Waals surface area contributed by atoms with Crippen LogP contribution in [-0.4, -0.2) is 16.7 Å². The molecule has 1 aromatic heterocycles. The molecule has 87 heavy (non-hydrogen) atoms. The van der Waals surface area contributed by atoms with Crippen molar-refractivity contribution in [3.8, 4) is 56.2 Å². The minimum atomic E-state index is -0.115. The Morgan fingerprint density at radius 2 is 0.586 bits per heavy atom. The van der Waals surface area contributed by atoms with Crippen LogP contribution in [0, 0.1) is 0 Å². The maximum absolute atomic E-state index is 5.85. The van der Waals surface area contributed by atoms with Gasteiger partial charge in [0.15, 0.2) is 5.82 Å². The first kappa shape index (κ1) is 59.1. The fourth-order valence-corrected chi connectivity index (χ4v) is 12.6. The van der Waals surface area contributed by atoms with Gasteiger partial charge in [-0.3, -0.25) is 0 Å². The topological polar surface area (TPSA) is 32.3 Å². The molecule has 2 aliphatic heterocycles. The number of benzene rings is 9. The van der Waals surface area contributed by atoms with E-state index in [2.05, 4.69) is 335 Å². The van der Waals surface area contributed by atoms with E-state index in [9.17, 15) is 0 Å². The van der Waals surface area contributed by atoms with Gasteiger partial charge in [0, 0.05) is 50.8 Å². The molecule has 4 nitrogen and oxygen atoms in total. The lowest BCUT2D eigenvalue weighted by atomic mass is 9.33. The fourth-order valence-electron chi connectivity index (χ4n) is 12.6. The van der Waals surface area contributed by atoms with Crippen molar-refractivity contribution in [1.29, 1.82) is 0 Å². The van der Waals surface area contributed by atoms with Crippen molar-refractivity contribution in [2.75, 3.05) is 9.80 Å². The highest BCUT2D eigenvalue weighted by Crippen LogP contribution is 2.48. The normalized spacial score (nSPS) is 13.6. The Labute approximate surface area is 520 Å². The van der Waals surface area contributed by atoms with Crippen LogP contribution in [0.15, 0.2) is 200 Å². The smallest absolute Gasteiger partial charge is 0.252 e. The van der Waals surface area contributed by atoms with E-state index in [1.165, 1.54) is 83.4 Å². The van der Waals surface area contributed by atoms with Gasteiger partial charge in [0.2, 0.25) is 0 Å². The SMILES string of the molecule is CC(C)(C)c1cc(-c2cc(-c3cc4c5c(c3)N(c3ccc(-c6ccccc6)cc3)c3ccc(C(C)(C)C)cc3B5c3cc(C(C)(C)C)ccc3N4c3ccc(-c4ccccc4)cc3)nc(-c3cc(C(C)(C)C)cc(C(C)(C)C)c3)n2)cc(C(C)(C)C)c1. The first-order valence-electron chi connectivity index (χ1n) is 31.5. The summed E-state index contributed by atoms with van der Waals surface area (Å²) in [4.78, 5) is 16.7. The van der Waals surface area contributed by atoms with Crippen LogP contribution in [0.4, 0.5) is 34.1 Å². The monoisotopic (exact) mass is 1140 g/mol. The van der Waals surface area contributed by atoms with Gasteiger partial charge in [-0.2, -0.15) is 0 Å². The largest absolute Gasteiger partial charge is 0.311 e. The highest BCUT2D eigenvalue weighted by Gasteiger charge is 2.45. The third kappa shape index (κ3) is 11.4. The predicted molar refractivity (Wildman–Crippen MR) is 375 cm³/mol. The molecule has 0 atom stereocenters. The van der Waals surface area contributed by atoms with Gasteiger partial charge in [-0.25, -0.2) is 9.97 Å². The number of hydrogen-bond donors (Lipinski definition) is 0. The molecule has 0 aliphatic carbocycles. The third-order valence-corrected chi connectivity index (χ3v) is 18.2. The molecule has 0 amide bonds. The highest BCUT2D eigenvalue weighted by molar-refractivity contribution is 7.00. The number of rotatable bonds is 7. The molecule has 0 saturated carbocycles.